The van der Waals surface area contributed by atoms with Crippen LogP contribution in [0.1, 0.15) is 28.5 Å². The number of hydrogen-bond acceptors (Lipinski definition) is 5. The molecule has 0 saturated heterocycles. The van der Waals surface area contributed by atoms with Gasteiger partial charge in [0.15, 0.2) is 11.0 Å². The molecule has 0 atom stereocenters. The van der Waals surface area contributed by atoms with Crippen molar-refractivity contribution in [2.45, 2.75) is 20.3 Å². The first kappa shape index (κ1) is 17.9. The molecule has 2 aromatic heterocycles. The summed E-state index contributed by atoms with van der Waals surface area (Å²) in [6.07, 6.45) is 0.613. The molecule has 134 valence electrons. The van der Waals surface area contributed by atoms with Crippen molar-refractivity contribution in [1.29, 1.82) is 0 Å². The predicted octanol–water partition coefficient (Wildman–Crippen LogP) is 4.80. The van der Waals surface area contributed by atoms with Gasteiger partial charge in [-0.15, -0.1) is 11.3 Å². The highest BCUT2D eigenvalue weighted by Gasteiger charge is 2.15. The molecule has 8 heteroatoms. The zero-order chi connectivity index (χ0) is 18.8. The van der Waals surface area contributed by atoms with Crippen molar-refractivity contribution in [3.63, 3.8) is 0 Å². The summed E-state index contributed by atoms with van der Waals surface area (Å²) in [5.41, 5.74) is 1.47. The minimum Gasteiger partial charge on any atom is -0.478 e. The van der Waals surface area contributed by atoms with E-state index in [9.17, 15) is 13.6 Å². The van der Waals surface area contributed by atoms with Gasteiger partial charge in [-0.1, -0.05) is 6.92 Å². The summed E-state index contributed by atoms with van der Waals surface area (Å²) in [6.45, 7) is 3.73. The molecule has 0 aliphatic carbocycles. The second kappa shape index (κ2) is 7.17. The molecular formula is C18H15F2N3O2S. The first-order valence-electron chi connectivity index (χ1n) is 7.82. The second-order valence-electron chi connectivity index (χ2n) is 5.54. The van der Waals surface area contributed by atoms with E-state index in [0.29, 0.717) is 28.6 Å². The van der Waals surface area contributed by atoms with E-state index < -0.39 is 11.8 Å². The molecule has 0 bridgehead atoms. The topological polar surface area (TPSA) is 75.1 Å². The molecule has 0 aliphatic heterocycles. The highest BCUT2D eigenvalue weighted by Crippen LogP contribution is 2.30. The van der Waals surface area contributed by atoms with Gasteiger partial charge in [-0.3, -0.25) is 0 Å². The molecule has 0 aliphatic rings. The molecule has 0 fully saturated rings. The first-order chi connectivity index (χ1) is 12.4. The monoisotopic (exact) mass is 375 g/mol. The molecule has 0 radical (unpaired) electrons. The maximum absolute atomic E-state index is 14.2. The van der Waals surface area contributed by atoms with E-state index in [1.807, 2.05) is 13.8 Å². The zero-order valence-electron chi connectivity index (χ0n) is 14.0. The summed E-state index contributed by atoms with van der Waals surface area (Å²) in [6, 6.07) is 6.53. The highest BCUT2D eigenvalue weighted by molar-refractivity contribution is 7.13. The summed E-state index contributed by atoms with van der Waals surface area (Å²) >= 11 is 0.928. The second-order valence-corrected chi connectivity index (χ2v) is 6.58. The summed E-state index contributed by atoms with van der Waals surface area (Å²) in [7, 11) is 0. The third-order valence-corrected chi connectivity index (χ3v) is 4.70. The van der Waals surface area contributed by atoms with Crippen molar-refractivity contribution < 1.29 is 18.7 Å². The van der Waals surface area contributed by atoms with Gasteiger partial charge in [0.1, 0.15) is 11.6 Å². The van der Waals surface area contributed by atoms with Crippen LogP contribution in [0.4, 0.5) is 20.3 Å². The van der Waals surface area contributed by atoms with E-state index in [1.165, 1.54) is 18.2 Å². The van der Waals surface area contributed by atoms with Crippen molar-refractivity contribution in [2.24, 2.45) is 0 Å². The number of rotatable bonds is 5. The van der Waals surface area contributed by atoms with Crippen molar-refractivity contribution >= 4 is 28.8 Å². The zero-order valence-corrected chi connectivity index (χ0v) is 14.8. The number of nitrogens with zero attached hydrogens (tertiary/aromatic N) is 2. The SMILES string of the molecule is CCc1c(C)nc(-c2ccc(F)s2)nc1Nc1ccc(C(=O)O)cc1F. The van der Waals surface area contributed by atoms with Gasteiger partial charge in [0.25, 0.3) is 0 Å². The lowest BCUT2D eigenvalue weighted by Gasteiger charge is -2.14. The van der Waals surface area contributed by atoms with Gasteiger partial charge in [-0.25, -0.2) is 19.2 Å². The van der Waals surface area contributed by atoms with Crippen molar-refractivity contribution in [1.82, 2.24) is 9.97 Å². The van der Waals surface area contributed by atoms with Gasteiger partial charge < -0.3 is 10.4 Å². The highest BCUT2D eigenvalue weighted by atomic mass is 32.1. The number of anilines is 2. The quantitative estimate of drug-likeness (QED) is 0.670. The number of carbonyl (C=O) groups is 1. The Morgan fingerprint density at radius 2 is 2.00 bits per heavy atom. The normalized spacial score (nSPS) is 10.8. The summed E-state index contributed by atoms with van der Waals surface area (Å²) in [5, 5.41) is 11.5. The molecule has 0 spiro atoms. The van der Waals surface area contributed by atoms with Crippen LogP contribution in [-0.2, 0) is 6.42 Å². The van der Waals surface area contributed by atoms with E-state index in [0.717, 1.165) is 23.0 Å². The first-order valence-corrected chi connectivity index (χ1v) is 8.63. The average Bonchev–Trinajstić information content (AvgIpc) is 3.02. The van der Waals surface area contributed by atoms with E-state index in [-0.39, 0.29) is 16.4 Å². The van der Waals surface area contributed by atoms with Gasteiger partial charge in [-0.05, 0) is 43.7 Å². The Bertz CT molecular complexity index is 989. The standard InChI is InChI=1S/C18H15F2N3O2S/c1-3-11-9(2)21-17(14-6-7-15(20)26-14)23-16(11)22-13-5-4-10(18(24)25)8-12(13)19/h4-8H,3H2,1-2H3,(H,24,25)(H,21,22,23). The lowest BCUT2D eigenvalue weighted by molar-refractivity contribution is 0.0696. The van der Waals surface area contributed by atoms with Crippen LogP contribution in [0, 0.1) is 17.9 Å². The van der Waals surface area contributed by atoms with Gasteiger partial charge >= 0.3 is 5.97 Å². The molecule has 2 N–H and O–H groups in total. The van der Waals surface area contributed by atoms with Crippen molar-refractivity contribution in [3.8, 4) is 10.7 Å². The number of aryl methyl sites for hydroxylation is 1. The van der Waals surface area contributed by atoms with Crippen LogP contribution in [0.3, 0.4) is 0 Å². The lowest BCUT2D eigenvalue weighted by Crippen LogP contribution is -2.06. The number of aromatic carboxylic acids is 1. The van der Waals surface area contributed by atoms with Crippen molar-refractivity contribution in [3.05, 3.63) is 58.1 Å². The van der Waals surface area contributed by atoms with Crippen molar-refractivity contribution in [2.75, 3.05) is 5.32 Å². The Hall–Kier alpha value is -2.87. The van der Waals surface area contributed by atoms with E-state index in [1.54, 1.807) is 6.07 Å². The summed E-state index contributed by atoms with van der Waals surface area (Å²) < 4.78 is 27.6. The maximum Gasteiger partial charge on any atom is 0.335 e. The van der Waals surface area contributed by atoms with Crippen LogP contribution >= 0.6 is 11.3 Å². The number of carboxylic acid groups (broad SMARTS) is 1. The Labute approximate surface area is 152 Å². The number of aromatic nitrogens is 2. The number of benzene rings is 1. The van der Waals surface area contributed by atoms with E-state index in [2.05, 4.69) is 15.3 Å². The molecule has 5 nitrogen and oxygen atoms in total. The van der Waals surface area contributed by atoms with Crippen LogP contribution in [-0.4, -0.2) is 21.0 Å². The van der Waals surface area contributed by atoms with Gasteiger partial charge in [0.2, 0.25) is 0 Å². The molecule has 2 heterocycles. The van der Waals surface area contributed by atoms with Gasteiger partial charge in [0, 0.05) is 11.3 Å². The van der Waals surface area contributed by atoms with Gasteiger partial charge in [0.05, 0.1) is 16.1 Å². The van der Waals surface area contributed by atoms with Crippen LogP contribution in [0.25, 0.3) is 10.7 Å². The van der Waals surface area contributed by atoms with E-state index in [4.69, 9.17) is 5.11 Å². The average molecular weight is 375 g/mol. The molecule has 1 aromatic carbocycles. The Morgan fingerprint density at radius 1 is 1.23 bits per heavy atom. The smallest absolute Gasteiger partial charge is 0.335 e. The molecule has 0 amide bonds. The Kier molecular flexibility index (Phi) is 4.94. The van der Waals surface area contributed by atoms with Crippen LogP contribution in [0.5, 0.6) is 0 Å². The molecular weight excluding hydrogens is 360 g/mol. The Morgan fingerprint density at radius 3 is 2.58 bits per heavy atom. The fourth-order valence-corrected chi connectivity index (χ4v) is 3.21. The fraction of sp³-hybridized carbons (Fsp3) is 0.167. The number of carboxylic acids is 1. The number of nitrogens with one attached hydrogen (secondary N) is 1. The largest absolute Gasteiger partial charge is 0.478 e. The van der Waals surface area contributed by atoms with Crippen LogP contribution < -0.4 is 5.32 Å². The summed E-state index contributed by atoms with van der Waals surface area (Å²) in [4.78, 5) is 20.3. The van der Waals surface area contributed by atoms with Crippen LogP contribution in [0.15, 0.2) is 30.3 Å². The molecule has 26 heavy (non-hydrogen) atoms. The molecule has 3 aromatic rings. The maximum atomic E-state index is 14.2. The minimum absolute atomic E-state index is 0.103. The number of hydrogen-bond donors (Lipinski definition) is 2. The Balaban J connectivity index is 2.03. The van der Waals surface area contributed by atoms with Crippen LogP contribution in [0.2, 0.25) is 0 Å². The number of halogens is 2. The van der Waals surface area contributed by atoms with Gasteiger partial charge in [-0.2, -0.15) is 4.39 Å². The number of thiophene rings is 1. The molecule has 0 unspecified atom stereocenters. The lowest BCUT2D eigenvalue weighted by atomic mass is 10.1. The molecule has 3 rings (SSSR count). The molecule has 0 saturated carbocycles. The third kappa shape index (κ3) is 3.55. The third-order valence-electron chi connectivity index (χ3n) is 3.83. The predicted molar refractivity (Wildman–Crippen MR) is 96.1 cm³/mol. The summed E-state index contributed by atoms with van der Waals surface area (Å²) in [5.74, 6) is -1.15. The fourth-order valence-electron chi connectivity index (χ4n) is 2.54. The van der Waals surface area contributed by atoms with E-state index >= 15 is 0 Å². The minimum atomic E-state index is -1.20.